The quantitative estimate of drug-likeness (QED) is 0.708. The van der Waals surface area contributed by atoms with E-state index in [4.69, 9.17) is 4.74 Å². The fraction of sp³-hybridized carbons (Fsp3) is 0.900. The molecule has 1 saturated heterocycles. The number of nitrogens with one attached hydrogen (secondary N) is 1. The van der Waals surface area contributed by atoms with Crippen LogP contribution in [0.3, 0.4) is 0 Å². The Kier molecular flexibility index (Phi) is 4.35. The molecule has 0 saturated carbocycles. The van der Waals surface area contributed by atoms with Crippen LogP contribution >= 0.6 is 0 Å². The Morgan fingerprint density at radius 3 is 2.67 bits per heavy atom. The Hall–Kier alpha value is -0.810. The van der Waals surface area contributed by atoms with E-state index in [9.17, 15) is 9.90 Å². The smallest absolute Gasteiger partial charge is 0.317 e. The summed E-state index contributed by atoms with van der Waals surface area (Å²) in [6.07, 6.45) is 1.17. The maximum atomic E-state index is 11.4. The zero-order valence-electron chi connectivity index (χ0n) is 9.45. The number of hydrogen-bond donors (Lipinski definition) is 2. The third-order valence-electron chi connectivity index (χ3n) is 2.81. The SMILES string of the molecule is CCN(C)C(=O)NCC1(O)CCOCC1. The number of nitrogens with zero attached hydrogens (tertiary/aromatic N) is 1. The topological polar surface area (TPSA) is 61.8 Å². The van der Waals surface area contributed by atoms with E-state index in [2.05, 4.69) is 5.32 Å². The highest BCUT2D eigenvalue weighted by atomic mass is 16.5. The molecule has 2 N–H and O–H groups in total. The molecule has 88 valence electrons. The van der Waals surface area contributed by atoms with Crippen LogP contribution in [0.4, 0.5) is 4.79 Å². The molecule has 0 radical (unpaired) electrons. The average molecular weight is 216 g/mol. The van der Waals surface area contributed by atoms with Gasteiger partial charge in [-0.05, 0) is 6.92 Å². The lowest BCUT2D eigenvalue weighted by Crippen LogP contribution is -2.49. The first-order valence-electron chi connectivity index (χ1n) is 5.36. The minimum absolute atomic E-state index is 0.141. The van der Waals surface area contributed by atoms with Crippen LogP contribution in [0.2, 0.25) is 0 Å². The molecular weight excluding hydrogens is 196 g/mol. The molecule has 0 unspecified atom stereocenters. The van der Waals surface area contributed by atoms with Crippen LogP contribution in [0.15, 0.2) is 0 Å². The van der Waals surface area contributed by atoms with Crippen LogP contribution < -0.4 is 5.32 Å². The first-order valence-corrected chi connectivity index (χ1v) is 5.36. The fourth-order valence-electron chi connectivity index (χ4n) is 1.45. The van der Waals surface area contributed by atoms with Crippen LogP contribution in [0.5, 0.6) is 0 Å². The highest BCUT2D eigenvalue weighted by Gasteiger charge is 2.30. The van der Waals surface area contributed by atoms with E-state index in [1.807, 2.05) is 6.92 Å². The first-order chi connectivity index (χ1) is 7.07. The van der Waals surface area contributed by atoms with E-state index in [1.165, 1.54) is 0 Å². The summed E-state index contributed by atoms with van der Waals surface area (Å²) in [6, 6.07) is -0.141. The number of aliphatic hydroxyl groups is 1. The summed E-state index contributed by atoms with van der Waals surface area (Å²) < 4.78 is 5.16. The number of carbonyl (C=O) groups excluding carboxylic acids is 1. The zero-order chi connectivity index (χ0) is 11.3. The molecule has 0 aromatic heterocycles. The molecule has 2 amide bonds. The fourth-order valence-corrected chi connectivity index (χ4v) is 1.45. The van der Waals surface area contributed by atoms with Crippen LogP contribution in [0.25, 0.3) is 0 Å². The monoisotopic (exact) mass is 216 g/mol. The lowest BCUT2D eigenvalue weighted by molar-refractivity contribution is -0.0603. The molecule has 0 aromatic rings. The second-order valence-electron chi connectivity index (χ2n) is 4.01. The van der Waals surface area contributed by atoms with Crippen molar-refractivity contribution in [3.8, 4) is 0 Å². The Balaban J connectivity index is 2.31. The number of carbonyl (C=O) groups is 1. The molecule has 5 heteroatoms. The van der Waals surface area contributed by atoms with Gasteiger partial charge in [-0.1, -0.05) is 0 Å². The molecule has 1 aliphatic heterocycles. The minimum atomic E-state index is -0.789. The summed E-state index contributed by atoms with van der Waals surface area (Å²) in [5.74, 6) is 0. The van der Waals surface area contributed by atoms with Crippen molar-refractivity contribution in [2.24, 2.45) is 0 Å². The van der Waals surface area contributed by atoms with Gasteiger partial charge in [-0.2, -0.15) is 0 Å². The second kappa shape index (κ2) is 5.32. The summed E-state index contributed by atoms with van der Waals surface area (Å²) in [5, 5.41) is 12.8. The average Bonchev–Trinajstić information content (AvgIpc) is 2.26. The maximum absolute atomic E-state index is 11.4. The van der Waals surface area contributed by atoms with E-state index < -0.39 is 5.60 Å². The highest BCUT2D eigenvalue weighted by molar-refractivity contribution is 5.73. The van der Waals surface area contributed by atoms with Crippen LogP contribution in [-0.2, 0) is 4.74 Å². The molecule has 0 aliphatic carbocycles. The summed E-state index contributed by atoms with van der Waals surface area (Å²) in [7, 11) is 1.73. The van der Waals surface area contributed by atoms with Gasteiger partial charge in [-0.15, -0.1) is 0 Å². The molecule has 0 bridgehead atoms. The van der Waals surface area contributed by atoms with Crippen molar-refractivity contribution in [2.45, 2.75) is 25.4 Å². The van der Waals surface area contributed by atoms with Gasteiger partial charge >= 0.3 is 6.03 Å². The van der Waals surface area contributed by atoms with E-state index >= 15 is 0 Å². The predicted molar refractivity (Wildman–Crippen MR) is 56.7 cm³/mol. The number of rotatable bonds is 3. The van der Waals surface area contributed by atoms with Crippen molar-refractivity contribution in [3.05, 3.63) is 0 Å². The van der Waals surface area contributed by atoms with Gasteiger partial charge in [0.25, 0.3) is 0 Å². The van der Waals surface area contributed by atoms with Crippen molar-refractivity contribution >= 4 is 6.03 Å². The normalized spacial score (nSPS) is 19.7. The van der Waals surface area contributed by atoms with Gasteiger partial charge < -0.3 is 20.1 Å². The molecule has 1 fully saturated rings. The standard InChI is InChI=1S/C10H20N2O3/c1-3-12(2)9(13)11-8-10(14)4-6-15-7-5-10/h14H,3-8H2,1-2H3,(H,11,13). The molecule has 1 rings (SSSR count). The minimum Gasteiger partial charge on any atom is -0.388 e. The first kappa shape index (κ1) is 12.3. The summed E-state index contributed by atoms with van der Waals surface area (Å²) in [4.78, 5) is 13.0. The predicted octanol–water partition coefficient (Wildman–Crippen LogP) is 0.189. The lowest BCUT2D eigenvalue weighted by Gasteiger charge is -2.32. The number of amides is 2. The third-order valence-corrected chi connectivity index (χ3v) is 2.81. The van der Waals surface area contributed by atoms with Gasteiger partial charge in [0, 0.05) is 46.2 Å². The van der Waals surface area contributed by atoms with Crippen molar-refractivity contribution in [1.82, 2.24) is 10.2 Å². The number of hydrogen-bond acceptors (Lipinski definition) is 3. The summed E-state index contributed by atoms with van der Waals surface area (Å²) in [5.41, 5.74) is -0.789. The number of urea groups is 1. The second-order valence-corrected chi connectivity index (χ2v) is 4.01. The van der Waals surface area contributed by atoms with E-state index in [-0.39, 0.29) is 6.03 Å². The molecule has 1 aliphatic rings. The summed E-state index contributed by atoms with van der Waals surface area (Å²) in [6.45, 7) is 4.00. The Bertz CT molecular complexity index is 215. The number of ether oxygens (including phenoxy) is 1. The van der Waals surface area contributed by atoms with Crippen LogP contribution in [0.1, 0.15) is 19.8 Å². The summed E-state index contributed by atoms with van der Waals surface area (Å²) >= 11 is 0. The van der Waals surface area contributed by atoms with Gasteiger partial charge in [0.1, 0.15) is 0 Å². The van der Waals surface area contributed by atoms with Gasteiger partial charge in [0.2, 0.25) is 0 Å². The molecular formula is C10H20N2O3. The van der Waals surface area contributed by atoms with Gasteiger partial charge in [0.05, 0.1) is 5.60 Å². The Morgan fingerprint density at radius 1 is 1.53 bits per heavy atom. The molecule has 0 aromatic carbocycles. The van der Waals surface area contributed by atoms with E-state index in [1.54, 1.807) is 11.9 Å². The van der Waals surface area contributed by atoms with Gasteiger partial charge in [-0.3, -0.25) is 0 Å². The molecule has 5 nitrogen and oxygen atoms in total. The van der Waals surface area contributed by atoms with Crippen LogP contribution in [-0.4, -0.2) is 55.0 Å². The zero-order valence-corrected chi connectivity index (χ0v) is 9.45. The largest absolute Gasteiger partial charge is 0.388 e. The molecule has 1 heterocycles. The molecule has 0 atom stereocenters. The van der Waals surface area contributed by atoms with Crippen molar-refractivity contribution in [3.63, 3.8) is 0 Å². The molecule has 15 heavy (non-hydrogen) atoms. The van der Waals surface area contributed by atoms with Crippen molar-refractivity contribution < 1.29 is 14.6 Å². The van der Waals surface area contributed by atoms with Crippen molar-refractivity contribution in [2.75, 3.05) is 33.4 Å². The van der Waals surface area contributed by atoms with Gasteiger partial charge in [-0.25, -0.2) is 4.79 Å². The van der Waals surface area contributed by atoms with Gasteiger partial charge in [0.15, 0.2) is 0 Å². The van der Waals surface area contributed by atoms with E-state index in [0.29, 0.717) is 39.1 Å². The third kappa shape index (κ3) is 3.68. The Labute approximate surface area is 90.4 Å². The van der Waals surface area contributed by atoms with Crippen LogP contribution in [0, 0.1) is 0 Å². The Morgan fingerprint density at radius 2 is 2.13 bits per heavy atom. The van der Waals surface area contributed by atoms with Crippen molar-refractivity contribution in [1.29, 1.82) is 0 Å². The molecule has 0 spiro atoms. The maximum Gasteiger partial charge on any atom is 0.317 e. The van der Waals surface area contributed by atoms with E-state index in [0.717, 1.165) is 0 Å². The lowest BCUT2D eigenvalue weighted by atomic mass is 9.94. The highest BCUT2D eigenvalue weighted by Crippen LogP contribution is 2.19.